The highest BCUT2D eigenvalue weighted by molar-refractivity contribution is 9.09. The van der Waals surface area contributed by atoms with Crippen molar-refractivity contribution in [3.8, 4) is 0 Å². The van der Waals surface area contributed by atoms with Crippen molar-refractivity contribution in [2.24, 2.45) is 0 Å². The van der Waals surface area contributed by atoms with Crippen molar-refractivity contribution in [2.75, 3.05) is 6.61 Å². The van der Waals surface area contributed by atoms with Crippen LogP contribution in [0.1, 0.15) is 20.7 Å². The molecule has 0 aliphatic rings. The number of ether oxygens (including phenoxy) is 2. The zero-order valence-corrected chi connectivity index (χ0v) is 19.5. The van der Waals surface area contributed by atoms with E-state index in [9.17, 15) is 14.0 Å². The summed E-state index contributed by atoms with van der Waals surface area (Å²) >= 11 is 26.7. The minimum Gasteiger partial charge on any atom is -0.461 e. The van der Waals surface area contributed by atoms with Gasteiger partial charge in [0, 0.05) is 16.3 Å². The predicted molar refractivity (Wildman–Crippen MR) is 119 cm³/mol. The first-order valence-corrected chi connectivity index (χ1v) is 10.6. The molecular formula is C19H13BrCl4FNO4. The molecule has 160 valence electrons. The summed E-state index contributed by atoms with van der Waals surface area (Å²) in [7, 11) is 0. The molecule has 5 nitrogen and oxygen atoms in total. The van der Waals surface area contributed by atoms with E-state index in [4.69, 9.17) is 61.3 Å². The Labute approximate surface area is 200 Å². The number of alkyl halides is 2. The van der Waals surface area contributed by atoms with Gasteiger partial charge in [-0.3, -0.25) is 0 Å². The fourth-order valence-corrected chi connectivity index (χ4v) is 3.76. The van der Waals surface area contributed by atoms with Gasteiger partial charge in [-0.1, -0.05) is 62.3 Å². The number of halogens is 6. The van der Waals surface area contributed by atoms with Crippen LogP contribution < -0.4 is 0 Å². The van der Waals surface area contributed by atoms with Gasteiger partial charge in [0.05, 0.1) is 26.0 Å². The Kier molecular flexibility index (Phi) is 9.37. The van der Waals surface area contributed by atoms with Gasteiger partial charge in [-0.05, 0) is 36.4 Å². The standard InChI is InChI=1S/C19H13BrCl4FNO4/c20-13(8-29-18(27)11-3-1-9(21)5-14(11)23)17(16(25)7-26)30-19(28)12-4-2-10(22)6-15(12)24/h1-7,13,16-17,26H,8H2/t13-,16+,17+/m0/s1. The van der Waals surface area contributed by atoms with Gasteiger partial charge in [-0.15, -0.1) is 0 Å². The van der Waals surface area contributed by atoms with Gasteiger partial charge in [0.1, 0.15) is 6.61 Å². The van der Waals surface area contributed by atoms with Crippen LogP contribution in [0.25, 0.3) is 0 Å². The molecule has 0 aliphatic heterocycles. The maximum absolute atomic E-state index is 14.3. The molecule has 0 radical (unpaired) electrons. The molecule has 0 heterocycles. The molecule has 0 saturated carbocycles. The Hall–Kier alpha value is -1.38. The number of esters is 2. The van der Waals surface area contributed by atoms with Crippen LogP contribution in [0.2, 0.25) is 20.1 Å². The second kappa shape index (κ2) is 11.3. The average molecular weight is 560 g/mol. The summed E-state index contributed by atoms with van der Waals surface area (Å²) in [5, 5.41) is 7.91. The van der Waals surface area contributed by atoms with Crippen molar-refractivity contribution in [1.82, 2.24) is 0 Å². The maximum Gasteiger partial charge on any atom is 0.340 e. The van der Waals surface area contributed by atoms with E-state index in [1.807, 2.05) is 0 Å². The summed E-state index contributed by atoms with van der Waals surface area (Å²) in [5.74, 6) is -1.71. The minimum absolute atomic E-state index is 0.0199. The molecule has 11 heteroatoms. The molecule has 0 bridgehead atoms. The third kappa shape index (κ3) is 6.56. The van der Waals surface area contributed by atoms with Gasteiger partial charge in [-0.2, -0.15) is 0 Å². The molecule has 2 rings (SSSR count). The largest absolute Gasteiger partial charge is 0.461 e. The van der Waals surface area contributed by atoms with E-state index in [1.54, 1.807) is 0 Å². The van der Waals surface area contributed by atoms with E-state index in [0.717, 1.165) is 0 Å². The van der Waals surface area contributed by atoms with E-state index < -0.39 is 29.0 Å². The summed E-state index contributed by atoms with van der Waals surface area (Å²) in [4.78, 5) is 23.6. The lowest BCUT2D eigenvalue weighted by Crippen LogP contribution is -2.39. The van der Waals surface area contributed by atoms with Gasteiger partial charge in [0.15, 0.2) is 12.3 Å². The average Bonchev–Trinajstić information content (AvgIpc) is 2.69. The first kappa shape index (κ1) is 24.9. The van der Waals surface area contributed by atoms with Crippen molar-refractivity contribution in [1.29, 1.82) is 5.41 Å². The van der Waals surface area contributed by atoms with Crippen molar-refractivity contribution in [3.63, 3.8) is 0 Å². The highest BCUT2D eigenvalue weighted by Gasteiger charge is 2.33. The van der Waals surface area contributed by atoms with Crippen LogP contribution in [-0.4, -0.2) is 41.9 Å². The molecule has 2 aromatic rings. The zero-order valence-electron chi connectivity index (χ0n) is 14.9. The molecule has 0 saturated heterocycles. The lowest BCUT2D eigenvalue weighted by molar-refractivity contribution is 0.00885. The maximum atomic E-state index is 14.3. The first-order valence-electron chi connectivity index (χ1n) is 8.21. The molecule has 0 aliphatic carbocycles. The SMILES string of the molecule is N=C[C@@H](F)[C@H](OC(=O)c1ccc(Cl)cc1Cl)[C@@H](Br)COC(=O)c1ccc(Cl)cc1Cl. The third-order valence-corrected chi connectivity index (χ3v) is 5.63. The van der Waals surface area contributed by atoms with Crippen LogP contribution in [-0.2, 0) is 9.47 Å². The quantitative estimate of drug-likeness (QED) is 0.230. The van der Waals surface area contributed by atoms with Crippen molar-refractivity contribution >= 4 is 80.5 Å². The van der Waals surface area contributed by atoms with Gasteiger partial charge in [0.2, 0.25) is 0 Å². The Morgan fingerprint density at radius 1 is 1.00 bits per heavy atom. The number of benzene rings is 2. The number of hydrogen-bond donors (Lipinski definition) is 1. The van der Waals surface area contributed by atoms with Crippen LogP contribution in [0.4, 0.5) is 4.39 Å². The fraction of sp³-hybridized carbons (Fsp3) is 0.211. The van der Waals surface area contributed by atoms with Crippen LogP contribution in [0.3, 0.4) is 0 Å². The summed E-state index contributed by atoms with van der Waals surface area (Å²) in [6.07, 6.45) is -2.98. The number of carbonyl (C=O) groups is 2. The van der Waals surface area contributed by atoms with E-state index in [1.165, 1.54) is 36.4 Å². The van der Waals surface area contributed by atoms with Crippen molar-refractivity contribution in [2.45, 2.75) is 17.1 Å². The molecular weight excluding hydrogens is 547 g/mol. The van der Waals surface area contributed by atoms with Crippen molar-refractivity contribution in [3.05, 3.63) is 67.6 Å². The number of nitrogens with one attached hydrogen (secondary N) is 1. The number of rotatable bonds is 8. The molecule has 0 spiro atoms. The second-order valence-corrected chi connectivity index (χ2v) is 8.71. The molecule has 1 N–H and O–H groups in total. The van der Waals surface area contributed by atoms with Crippen LogP contribution in [0.15, 0.2) is 36.4 Å². The van der Waals surface area contributed by atoms with Gasteiger partial charge in [-0.25, -0.2) is 14.0 Å². The van der Waals surface area contributed by atoms with Gasteiger partial charge >= 0.3 is 11.9 Å². The topological polar surface area (TPSA) is 76.4 Å². The van der Waals surface area contributed by atoms with Crippen LogP contribution in [0.5, 0.6) is 0 Å². The summed E-state index contributed by atoms with van der Waals surface area (Å²) < 4.78 is 24.6. The molecule has 0 amide bonds. The lowest BCUT2D eigenvalue weighted by Gasteiger charge is -2.24. The Morgan fingerprint density at radius 2 is 1.50 bits per heavy atom. The summed E-state index contributed by atoms with van der Waals surface area (Å²) in [6, 6.07) is 8.30. The van der Waals surface area contributed by atoms with Crippen LogP contribution in [0, 0.1) is 5.41 Å². The summed E-state index contributed by atoms with van der Waals surface area (Å²) in [6.45, 7) is -0.377. The highest BCUT2D eigenvalue weighted by atomic mass is 79.9. The van der Waals surface area contributed by atoms with Gasteiger partial charge < -0.3 is 14.9 Å². The Bertz CT molecular complexity index is 962. The number of carbonyl (C=O) groups excluding carboxylic acids is 2. The first-order chi connectivity index (χ1) is 14.1. The van der Waals surface area contributed by atoms with Gasteiger partial charge in [0.25, 0.3) is 0 Å². The third-order valence-electron chi connectivity index (χ3n) is 3.75. The molecule has 0 aromatic heterocycles. The minimum atomic E-state index is -1.97. The Balaban J connectivity index is 2.09. The molecule has 30 heavy (non-hydrogen) atoms. The summed E-state index contributed by atoms with van der Waals surface area (Å²) in [5.41, 5.74) is 0.0269. The smallest absolute Gasteiger partial charge is 0.340 e. The number of hydrogen-bond acceptors (Lipinski definition) is 5. The van der Waals surface area contributed by atoms with E-state index in [-0.39, 0.29) is 27.8 Å². The highest BCUT2D eigenvalue weighted by Crippen LogP contribution is 2.25. The van der Waals surface area contributed by atoms with E-state index in [0.29, 0.717) is 16.3 Å². The van der Waals surface area contributed by atoms with Crippen molar-refractivity contribution < 1.29 is 23.5 Å². The molecule has 2 aromatic carbocycles. The fourth-order valence-electron chi connectivity index (χ4n) is 2.26. The van der Waals surface area contributed by atoms with Crippen LogP contribution >= 0.6 is 62.3 Å². The van der Waals surface area contributed by atoms with E-state index >= 15 is 0 Å². The molecule has 3 atom stereocenters. The molecule has 0 unspecified atom stereocenters. The monoisotopic (exact) mass is 557 g/mol. The normalized spacial score (nSPS) is 13.8. The lowest BCUT2D eigenvalue weighted by atomic mass is 10.1. The van der Waals surface area contributed by atoms with E-state index in [2.05, 4.69) is 15.9 Å². The zero-order chi connectivity index (χ0) is 22.4. The molecule has 0 fully saturated rings. The predicted octanol–water partition coefficient (Wildman–Crippen LogP) is 6.43. The Morgan fingerprint density at radius 3 is 1.97 bits per heavy atom. The second-order valence-electron chi connectivity index (χ2n) is 5.84.